The zero-order valence-electron chi connectivity index (χ0n) is 22.6. The van der Waals surface area contributed by atoms with Crippen LogP contribution in [0, 0.1) is 27.7 Å². The van der Waals surface area contributed by atoms with Gasteiger partial charge in [0.1, 0.15) is 5.54 Å². The Kier molecular flexibility index (Phi) is 8.42. The lowest BCUT2D eigenvalue weighted by atomic mass is 9.90. The average molecular weight is 518 g/mol. The van der Waals surface area contributed by atoms with Crippen molar-refractivity contribution in [1.29, 1.82) is 0 Å². The van der Waals surface area contributed by atoms with Crippen LogP contribution in [0.2, 0.25) is 0 Å². The van der Waals surface area contributed by atoms with Crippen molar-refractivity contribution < 1.29 is 4.79 Å². The second-order valence-electron chi connectivity index (χ2n) is 11.1. The van der Waals surface area contributed by atoms with Crippen LogP contribution < -0.4 is 5.32 Å². The van der Waals surface area contributed by atoms with E-state index in [4.69, 9.17) is 0 Å². The number of hydrogen-bond acceptors (Lipinski definition) is 3. The summed E-state index contributed by atoms with van der Waals surface area (Å²) in [6.45, 7) is 13.9. The summed E-state index contributed by atoms with van der Waals surface area (Å²) >= 11 is 0. The summed E-state index contributed by atoms with van der Waals surface area (Å²) in [6.07, 6.45) is 1.58. The van der Waals surface area contributed by atoms with Crippen LogP contribution in [0.15, 0.2) is 60.7 Å². The number of aryl methyl sites for hydroxylation is 4. The summed E-state index contributed by atoms with van der Waals surface area (Å²) in [5, 5.41) is 3.34. The summed E-state index contributed by atoms with van der Waals surface area (Å²) in [5.74, 6) is 0.167. The van der Waals surface area contributed by atoms with Crippen LogP contribution in [0.1, 0.15) is 44.5 Å². The molecule has 4 nitrogen and oxygen atoms in total. The molecule has 0 bridgehead atoms. The van der Waals surface area contributed by atoms with Crippen molar-refractivity contribution in [3.8, 4) is 0 Å². The number of amides is 1. The van der Waals surface area contributed by atoms with E-state index < -0.39 is 5.54 Å². The first-order valence-corrected chi connectivity index (χ1v) is 13.3. The van der Waals surface area contributed by atoms with E-state index >= 15 is 0 Å². The molecule has 1 saturated heterocycles. The number of benzene rings is 3. The van der Waals surface area contributed by atoms with Gasteiger partial charge in [-0.2, -0.15) is 0 Å². The first-order valence-electron chi connectivity index (χ1n) is 13.3. The fourth-order valence-electron chi connectivity index (χ4n) is 6.39. The van der Waals surface area contributed by atoms with Crippen LogP contribution >= 0.6 is 12.4 Å². The molecule has 0 unspecified atom stereocenters. The zero-order chi connectivity index (χ0) is 25.3. The van der Waals surface area contributed by atoms with Crippen LogP contribution in [0.5, 0.6) is 0 Å². The van der Waals surface area contributed by atoms with Crippen molar-refractivity contribution >= 4 is 18.3 Å². The van der Waals surface area contributed by atoms with Gasteiger partial charge >= 0.3 is 0 Å². The summed E-state index contributed by atoms with van der Waals surface area (Å²) in [5.41, 5.74) is 9.81. The number of carbonyl (C=O) groups is 1. The Balaban J connectivity index is 0.00000320. The van der Waals surface area contributed by atoms with Crippen LogP contribution in [-0.4, -0.2) is 47.4 Å². The fourth-order valence-corrected chi connectivity index (χ4v) is 6.39. The number of hydrogen-bond donors (Lipinski definition) is 1. The monoisotopic (exact) mass is 517 g/mol. The summed E-state index contributed by atoms with van der Waals surface area (Å²) < 4.78 is 0. The van der Waals surface area contributed by atoms with Crippen molar-refractivity contribution in [2.24, 2.45) is 0 Å². The van der Waals surface area contributed by atoms with Gasteiger partial charge in [-0.3, -0.25) is 14.6 Å². The smallest absolute Gasteiger partial charge is 0.241 e. The molecule has 5 rings (SSSR count). The van der Waals surface area contributed by atoms with E-state index in [0.29, 0.717) is 6.54 Å². The van der Waals surface area contributed by atoms with Crippen molar-refractivity contribution in [2.75, 3.05) is 26.2 Å². The third-order valence-corrected chi connectivity index (χ3v) is 7.91. The predicted molar refractivity (Wildman–Crippen MR) is 154 cm³/mol. The maximum absolute atomic E-state index is 14.0. The number of piperazine rings is 1. The van der Waals surface area contributed by atoms with Crippen LogP contribution in [-0.2, 0) is 30.7 Å². The molecule has 1 heterocycles. The van der Waals surface area contributed by atoms with Gasteiger partial charge < -0.3 is 5.32 Å². The second kappa shape index (κ2) is 11.4. The molecule has 196 valence electrons. The van der Waals surface area contributed by atoms with Gasteiger partial charge in [0.05, 0.1) is 0 Å². The van der Waals surface area contributed by atoms with Crippen LogP contribution in [0.4, 0.5) is 0 Å². The highest BCUT2D eigenvalue weighted by atomic mass is 35.5. The maximum Gasteiger partial charge on any atom is 0.241 e. The Morgan fingerprint density at radius 3 is 1.76 bits per heavy atom. The first kappa shape index (κ1) is 27.4. The summed E-state index contributed by atoms with van der Waals surface area (Å²) in [4.78, 5) is 19.0. The Hall–Kier alpha value is -2.66. The largest absolute Gasteiger partial charge is 0.350 e. The minimum Gasteiger partial charge on any atom is -0.350 e. The molecule has 0 atom stereocenters. The molecule has 0 saturated carbocycles. The highest BCUT2D eigenvalue weighted by Gasteiger charge is 2.48. The van der Waals surface area contributed by atoms with Crippen molar-refractivity contribution in [1.82, 2.24) is 15.1 Å². The average Bonchev–Trinajstić information content (AvgIpc) is 3.23. The molecule has 1 fully saturated rings. The summed E-state index contributed by atoms with van der Waals surface area (Å²) in [7, 11) is 0. The standard InChI is InChI=1S/C32H39N3O.ClH/c1-23-13-24(2)16-27(15-23)21-33-31(36)32(19-29-7-5-6-8-30(29)20-32)35-11-9-34(10-12-35)22-28-17-25(3)14-26(4)18-28;/h5-8,13-18H,9-12,19-22H2,1-4H3,(H,33,36);1H. The highest BCUT2D eigenvalue weighted by molar-refractivity contribution is 5.88. The van der Waals surface area contributed by atoms with E-state index in [1.54, 1.807) is 0 Å². The molecule has 0 radical (unpaired) electrons. The van der Waals surface area contributed by atoms with Crippen molar-refractivity contribution in [2.45, 2.75) is 59.2 Å². The van der Waals surface area contributed by atoms with E-state index in [2.05, 4.69) is 103 Å². The van der Waals surface area contributed by atoms with Crippen molar-refractivity contribution in [3.05, 3.63) is 105 Å². The molecule has 0 aromatic heterocycles. The molecule has 1 aliphatic heterocycles. The zero-order valence-corrected chi connectivity index (χ0v) is 23.5. The number of carbonyl (C=O) groups excluding carboxylic acids is 1. The van der Waals surface area contributed by atoms with Gasteiger partial charge in [0, 0.05) is 52.1 Å². The van der Waals surface area contributed by atoms with E-state index in [1.807, 2.05) is 0 Å². The van der Waals surface area contributed by atoms with Gasteiger partial charge in [0.25, 0.3) is 0 Å². The third-order valence-electron chi connectivity index (χ3n) is 7.91. The molecule has 1 N–H and O–H groups in total. The molecule has 1 amide bonds. The van der Waals surface area contributed by atoms with Gasteiger partial charge in [-0.05, 0) is 49.9 Å². The maximum atomic E-state index is 14.0. The summed E-state index contributed by atoms with van der Waals surface area (Å²) in [6, 6.07) is 22.0. The van der Waals surface area contributed by atoms with E-state index in [9.17, 15) is 4.79 Å². The molecule has 3 aromatic carbocycles. The normalized spacial score (nSPS) is 17.2. The van der Waals surface area contributed by atoms with E-state index in [1.165, 1.54) is 44.5 Å². The molecular formula is C32H40ClN3O. The molecule has 5 heteroatoms. The number of nitrogens with one attached hydrogen (secondary N) is 1. The number of fused-ring (bicyclic) bond motifs is 1. The van der Waals surface area contributed by atoms with Crippen LogP contribution in [0.25, 0.3) is 0 Å². The molecular weight excluding hydrogens is 478 g/mol. The molecule has 1 aliphatic carbocycles. The topological polar surface area (TPSA) is 35.6 Å². The van der Waals surface area contributed by atoms with Crippen molar-refractivity contribution in [3.63, 3.8) is 0 Å². The molecule has 37 heavy (non-hydrogen) atoms. The Morgan fingerprint density at radius 1 is 0.757 bits per heavy atom. The lowest BCUT2D eigenvalue weighted by molar-refractivity contribution is -0.135. The van der Waals surface area contributed by atoms with Gasteiger partial charge in [-0.1, -0.05) is 82.9 Å². The van der Waals surface area contributed by atoms with Gasteiger partial charge in [0.15, 0.2) is 0 Å². The van der Waals surface area contributed by atoms with Crippen LogP contribution in [0.3, 0.4) is 0 Å². The SMILES string of the molecule is Cc1cc(C)cc(CNC(=O)C2(N3CCN(Cc4cc(C)cc(C)c4)CC3)Cc3ccccc3C2)c1.Cl. The Labute approximate surface area is 228 Å². The van der Waals surface area contributed by atoms with Gasteiger partial charge in [-0.15, -0.1) is 12.4 Å². The number of rotatable bonds is 6. The van der Waals surface area contributed by atoms with E-state index in [0.717, 1.165) is 45.6 Å². The lowest BCUT2D eigenvalue weighted by Gasteiger charge is -2.45. The first-order chi connectivity index (χ1) is 17.3. The minimum atomic E-state index is -0.505. The molecule has 3 aromatic rings. The number of halogens is 1. The number of nitrogens with zero attached hydrogens (tertiary/aromatic N) is 2. The quantitative estimate of drug-likeness (QED) is 0.481. The predicted octanol–water partition coefficient (Wildman–Crippen LogP) is 5.31. The minimum absolute atomic E-state index is 0. The van der Waals surface area contributed by atoms with E-state index in [-0.39, 0.29) is 18.3 Å². The molecule has 0 spiro atoms. The third kappa shape index (κ3) is 6.09. The Bertz CT molecular complexity index is 1200. The lowest BCUT2D eigenvalue weighted by Crippen LogP contribution is -2.64. The van der Waals surface area contributed by atoms with Gasteiger partial charge in [0.2, 0.25) is 5.91 Å². The highest BCUT2D eigenvalue weighted by Crippen LogP contribution is 2.36. The van der Waals surface area contributed by atoms with Gasteiger partial charge in [-0.25, -0.2) is 0 Å². The molecule has 2 aliphatic rings. The fraction of sp³-hybridized carbons (Fsp3) is 0.406. The second-order valence-corrected chi connectivity index (χ2v) is 11.1. The Morgan fingerprint density at radius 2 is 1.24 bits per heavy atom.